The van der Waals surface area contributed by atoms with E-state index < -0.39 is 41.9 Å². The van der Waals surface area contributed by atoms with Gasteiger partial charge in [0.2, 0.25) is 20.0 Å². The van der Waals surface area contributed by atoms with E-state index in [1.807, 2.05) is 0 Å². The van der Waals surface area contributed by atoms with Crippen molar-refractivity contribution in [1.29, 1.82) is 0 Å². The van der Waals surface area contributed by atoms with Crippen LogP contribution in [0.4, 0.5) is 5.82 Å². The van der Waals surface area contributed by atoms with E-state index in [0.29, 0.717) is 24.2 Å². The number of aromatic nitrogens is 1. The molecule has 2 aromatic rings. The van der Waals surface area contributed by atoms with Crippen LogP contribution in [0.3, 0.4) is 0 Å². The zero-order chi connectivity index (χ0) is 23.1. The highest BCUT2D eigenvalue weighted by Gasteiger charge is 2.35. The Morgan fingerprint density at radius 3 is 2.44 bits per heavy atom. The van der Waals surface area contributed by atoms with Crippen LogP contribution < -0.4 is 26.6 Å². The number of azo groups is 1. The minimum Gasteiger partial charge on any atom is -0.384 e. The van der Waals surface area contributed by atoms with Gasteiger partial charge in [-0.2, -0.15) is 5.11 Å². The third kappa shape index (κ3) is 4.25. The highest BCUT2D eigenvalue weighted by atomic mass is 32.2. The van der Waals surface area contributed by atoms with Crippen LogP contribution >= 0.6 is 0 Å². The van der Waals surface area contributed by atoms with Crippen molar-refractivity contribution < 1.29 is 16.8 Å². The largest absolute Gasteiger partial charge is 0.384 e. The molecule has 15 heteroatoms. The Labute approximate surface area is 184 Å². The number of nitrogens with two attached hydrogens (primary N) is 3. The first-order valence-electron chi connectivity index (χ1n) is 9.40. The fraction of sp³-hybridized carbons (Fsp3) is 0.294. The lowest BCUT2D eigenvalue weighted by Crippen LogP contribution is -2.47. The lowest BCUT2D eigenvalue weighted by atomic mass is 10.00. The molecule has 32 heavy (non-hydrogen) atoms. The van der Waals surface area contributed by atoms with Crippen molar-refractivity contribution in [2.75, 3.05) is 25.5 Å². The van der Waals surface area contributed by atoms with E-state index in [1.54, 1.807) is 6.07 Å². The standard InChI is InChI=1S/C17H21N9O4S2/c18-11-6-21-7-12(11)26-32(29,30)13-3-2-10(9-1-4-14(19)22-5-9)15(16(13)31(20,27)28)17-23-8-24-25-17/h1-5,11-12,21,26H,6-8,18H2,(H2,19,22)(H2,20,27,28)/t11-,12?/m0/s1. The van der Waals surface area contributed by atoms with Crippen molar-refractivity contribution in [2.24, 2.45) is 26.1 Å². The van der Waals surface area contributed by atoms with Crippen molar-refractivity contribution >= 4 is 31.7 Å². The van der Waals surface area contributed by atoms with Gasteiger partial charge in [0.05, 0.1) is 11.6 Å². The van der Waals surface area contributed by atoms with Gasteiger partial charge in [-0.25, -0.2) is 36.7 Å². The lowest BCUT2D eigenvalue weighted by Gasteiger charge is -2.20. The average Bonchev–Trinajstić information content (AvgIpc) is 3.39. The van der Waals surface area contributed by atoms with Crippen LogP contribution in [0.2, 0.25) is 0 Å². The molecule has 1 aromatic carbocycles. The van der Waals surface area contributed by atoms with Crippen LogP contribution in [-0.4, -0.2) is 59.5 Å². The summed E-state index contributed by atoms with van der Waals surface area (Å²) in [4.78, 5) is 6.93. The zero-order valence-corrected chi connectivity index (χ0v) is 18.3. The third-order valence-electron chi connectivity index (χ3n) is 5.03. The number of rotatable bonds is 6. The van der Waals surface area contributed by atoms with Gasteiger partial charge in [0.25, 0.3) is 0 Å². The molecule has 2 aliphatic heterocycles. The Hall–Kier alpha value is -2.82. The van der Waals surface area contributed by atoms with Crippen molar-refractivity contribution in [2.45, 2.75) is 21.9 Å². The third-order valence-corrected chi connectivity index (χ3v) is 7.69. The maximum atomic E-state index is 13.2. The summed E-state index contributed by atoms with van der Waals surface area (Å²) in [6, 6.07) is 4.63. The summed E-state index contributed by atoms with van der Waals surface area (Å²) in [7, 11) is -8.90. The fourth-order valence-electron chi connectivity index (χ4n) is 3.53. The first-order chi connectivity index (χ1) is 15.1. The minimum absolute atomic E-state index is 0.0311. The number of nitrogen functional groups attached to an aromatic ring is 1. The highest BCUT2D eigenvalue weighted by molar-refractivity contribution is 7.92. The van der Waals surface area contributed by atoms with Gasteiger partial charge in [0.15, 0.2) is 12.5 Å². The van der Waals surface area contributed by atoms with Gasteiger partial charge in [0.1, 0.15) is 15.6 Å². The Bertz CT molecular complexity index is 1320. The lowest BCUT2D eigenvalue weighted by molar-refractivity contribution is 0.536. The Morgan fingerprint density at radius 1 is 1.09 bits per heavy atom. The molecule has 0 aliphatic carbocycles. The molecule has 2 aliphatic rings. The topological polar surface area (TPSA) is 220 Å². The molecule has 1 fully saturated rings. The molecule has 13 nitrogen and oxygen atoms in total. The Kier molecular flexibility index (Phi) is 5.78. The van der Waals surface area contributed by atoms with E-state index in [4.69, 9.17) is 16.6 Å². The van der Waals surface area contributed by atoms with E-state index in [9.17, 15) is 16.8 Å². The van der Waals surface area contributed by atoms with E-state index in [2.05, 4.69) is 30.2 Å². The molecule has 3 heterocycles. The number of anilines is 1. The maximum Gasteiger partial charge on any atom is 0.242 e. The van der Waals surface area contributed by atoms with Crippen LogP contribution in [0.5, 0.6) is 0 Å². The number of primary sulfonamides is 1. The number of hydrogen-bond acceptors (Lipinski definition) is 11. The molecule has 8 N–H and O–H groups in total. The number of amidine groups is 1. The van der Waals surface area contributed by atoms with Gasteiger partial charge >= 0.3 is 0 Å². The number of nitrogens with one attached hydrogen (secondary N) is 2. The van der Waals surface area contributed by atoms with Crippen LogP contribution in [0.15, 0.2) is 55.5 Å². The number of aliphatic imine (C=N–C) groups is 1. The molecule has 170 valence electrons. The highest BCUT2D eigenvalue weighted by Crippen LogP contribution is 2.35. The SMILES string of the molecule is Nc1ccc(-c2ccc(S(=O)(=O)NC3CNC[C@@H]3N)c(S(N)(=O)=O)c2C2=NCN=N2)cn1. The summed E-state index contributed by atoms with van der Waals surface area (Å²) in [5.41, 5.74) is 12.3. The van der Waals surface area contributed by atoms with E-state index >= 15 is 0 Å². The Morgan fingerprint density at radius 2 is 1.88 bits per heavy atom. The smallest absolute Gasteiger partial charge is 0.242 e. The number of pyridine rings is 1. The summed E-state index contributed by atoms with van der Waals surface area (Å²) < 4.78 is 54.3. The zero-order valence-electron chi connectivity index (χ0n) is 16.6. The van der Waals surface area contributed by atoms with Crippen molar-refractivity contribution in [1.82, 2.24) is 15.0 Å². The number of hydrogen-bond donors (Lipinski definition) is 5. The summed E-state index contributed by atoms with van der Waals surface area (Å²) in [5, 5.41) is 16.1. The molecule has 1 unspecified atom stereocenters. The van der Waals surface area contributed by atoms with E-state index in [0.717, 1.165) is 6.07 Å². The summed E-state index contributed by atoms with van der Waals surface area (Å²) in [6.45, 7) is 0.686. The quantitative estimate of drug-likeness (QED) is 0.335. The molecule has 0 spiro atoms. The van der Waals surface area contributed by atoms with Crippen molar-refractivity contribution in [3.8, 4) is 11.1 Å². The molecular formula is C17H21N9O4S2. The van der Waals surface area contributed by atoms with Crippen LogP contribution in [0, 0.1) is 0 Å². The number of nitrogens with zero attached hydrogens (tertiary/aromatic N) is 4. The predicted octanol–water partition coefficient (Wildman–Crippen LogP) is -1.27. The normalized spacial score (nSPS) is 21.1. The molecule has 0 radical (unpaired) electrons. The molecule has 2 atom stereocenters. The molecule has 0 amide bonds. The monoisotopic (exact) mass is 479 g/mol. The van der Waals surface area contributed by atoms with Crippen LogP contribution in [-0.2, 0) is 20.0 Å². The molecule has 0 bridgehead atoms. The van der Waals surface area contributed by atoms with Gasteiger partial charge in [-0.05, 0) is 23.8 Å². The molecular weight excluding hydrogens is 458 g/mol. The second-order valence-corrected chi connectivity index (χ2v) is 10.4. The van der Waals surface area contributed by atoms with Crippen molar-refractivity contribution in [3.63, 3.8) is 0 Å². The maximum absolute atomic E-state index is 13.2. The second-order valence-electron chi connectivity index (χ2n) is 7.25. The molecule has 0 saturated carbocycles. The number of sulfonamides is 2. The summed E-state index contributed by atoms with van der Waals surface area (Å²) in [5.74, 6) is 0.196. The van der Waals surface area contributed by atoms with Crippen LogP contribution in [0.25, 0.3) is 11.1 Å². The van der Waals surface area contributed by atoms with Gasteiger partial charge in [-0.15, -0.1) is 5.11 Å². The van der Waals surface area contributed by atoms with Gasteiger partial charge < -0.3 is 16.8 Å². The fourth-order valence-corrected chi connectivity index (χ4v) is 6.42. The first-order valence-corrected chi connectivity index (χ1v) is 12.4. The molecule has 1 saturated heterocycles. The van der Waals surface area contributed by atoms with Gasteiger partial charge in [-0.1, -0.05) is 6.07 Å². The van der Waals surface area contributed by atoms with E-state index in [-0.39, 0.29) is 23.9 Å². The van der Waals surface area contributed by atoms with Gasteiger partial charge in [0, 0.05) is 30.9 Å². The Balaban J connectivity index is 1.97. The van der Waals surface area contributed by atoms with Crippen LogP contribution in [0.1, 0.15) is 5.56 Å². The molecule has 1 aromatic heterocycles. The average molecular weight is 480 g/mol. The molecule has 4 rings (SSSR count). The second kappa shape index (κ2) is 8.27. The van der Waals surface area contributed by atoms with Gasteiger partial charge in [-0.3, -0.25) is 0 Å². The predicted molar refractivity (Wildman–Crippen MR) is 117 cm³/mol. The number of benzene rings is 1. The van der Waals surface area contributed by atoms with E-state index in [1.165, 1.54) is 18.3 Å². The summed E-state index contributed by atoms with van der Waals surface area (Å²) in [6.07, 6.45) is 1.42. The van der Waals surface area contributed by atoms with Crippen molar-refractivity contribution in [3.05, 3.63) is 36.0 Å². The first kappa shape index (κ1) is 22.4. The minimum atomic E-state index is -4.56. The summed E-state index contributed by atoms with van der Waals surface area (Å²) >= 11 is 0.